The van der Waals surface area contributed by atoms with Gasteiger partial charge in [-0.15, -0.1) is 0 Å². The largest absolute Gasteiger partial charge is 0.382 e. The molecule has 19 nitrogen and oxygen atoms in total. The first-order chi connectivity index (χ1) is 48.6. The zero-order chi connectivity index (χ0) is 76.7. The molecular formula is C62H67F3N18O. The lowest BCUT2D eigenvalue weighted by atomic mass is 9.98. The van der Waals surface area contributed by atoms with Gasteiger partial charge < -0.3 is 30.7 Å². The second-order valence-corrected chi connectivity index (χ2v) is 20.0. The third-order valence-corrected chi connectivity index (χ3v) is 14.2. The predicted molar refractivity (Wildman–Crippen MR) is 315 cm³/mol. The fourth-order valence-electron chi connectivity index (χ4n) is 10.3. The summed E-state index contributed by atoms with van der Waals surface area (Å²) >= 11 is 0. The summed E-state index contributed by atoms with van der Waals surface area (Å²) in [6, 6.07) is -3.73. The maximum atomic E-state index is 14.5. The number of pyridine rings is 3. The van der Waals surface area contributed by atoms with Crippen LogP contribution in [0.15, 0.2) is 105 Å². The number of amides is 1. The molecule has 15 heterocycles. The predicted octanol–water partition coefficient (Wildman–Crippen LogP) is 9.67. The molecule has 1 amide bonds. The van der Waals surface area contributed by atoms with Gasteiger partial charge in [0.05, 0.1) is 70.5 Å². The number of hydrogen-bond acceptors (Lipinski definition) is 15. The zero-order valence-corrected chi connectivity index (χ0v) is 45.3. The van der Waals surface area contributed by atoms with E-state index in [1.54, 1.807) is 24.5 Å². The Morgan fingerprint density at radius 1 is 0.500 bits per heavy atom. The molecule has 0 aromatic carbocycles. The molecular weight excluding hydrogens is 1070 g/mol. The molecule has 22 heteroatoms. The Hall–Kier alpha value is -8.95. The van der Waals surface area contributed by atoms with Crippen molar-refractivity contribution in [1.29, 1.82) is 0 Å². The number of carbonyl (C=O) groups excluding carboxylic acids is 1. The summed E-state index contributed by atoms with van der Waals surface area (Å²) in [5, 5.41) is 20.8. The second-order valence-electron chi connectivity index (χ2n) is 20.0. The van der Waals surface area contributed by atoms with Crippen molar-refractivity contribution in [1.82, 2.24) is 74.7 Å². The van der Waals surface area contributed by atoms with Gasteiger partial charge in [-0.05, 0) is 150 Å². The summed E-state index contributed by atoms with van der Waals surface area (Å²) in [7, 11) is 0. The molecule has 1 unspecified atom stereocenters. The van der Waals surface area contributed by atoms with Crippen molar-refractivity contribution in [2.75, 3.05) is 34.3 Å². The van der Waals surface area contributed by atoms with Gasteiger partial charge in [-0.25, -0.2) is 41.7 Å². The Labute approximate surface area is 513 Å². The molecule has 6 aliphatic rings. The number of rotatable bonds is 0. The maximum Gasteiger partial charge on any atom is 0.256 e. The van der Waals surface area contributed by atoms with Crippen molar-refractivity contribution in [2.45, 2.75) is 134 Å². The molecule has 0 aliphatic carbocycles. The highest BCUT2D eigenvalue weighted by Gasteiger charge is 2.34. The fourth-order valence-corrected chi connectivity index (χ4v) is 10.3. The summed E-state index contributed by atoms with van der Waals surface area (Å²) in [5.74, 6) is -2.95. The van der Waals surface area contributed by atoms with E-state index in [-0.39, 0.29) is 79.0 Å². The number of aryl methyl sites for hydroxylation is 3. The Kier molecular flexibility index (Phi) is 9.51. The average Bonchev–Trinajstić information content (AvgIpc) is 1.62. The Morgan fingerprint density at radius 3 is 1.20 bits per heavy atom. The minimum atomic E-state index is -2.96. The maximum absolute atomic E-state index is 14.5. The second kappa shape index (κ2) is 22.7. The van der Waals surface area contributed by atoms with Gasteiger partial charge in [-0.2, -0.15) is 15.3 Å². The summed E-state index contributed by atoms with van der Waals surface area (Å²) in [4.78, 5) is 42.3. The van der Waals surface area contributed by atoms with Crippen molar-refractivity contribution >= 4 is 51.7 Å². The van der Waals surface area contributed by atoms with Gasteiger partial charge in [0.15, 0.2) is 16.9 Å². The van der Waals surface area contributed by atoms with Crippen LogP contribution in [0.5, 0.6) is 0 Å². The van der Waals surface area contributed by atoms with Gasteiger partial charge in [0.25, 0.3) is 5.91 Å². The van der Waals surface area contributed by atoms with E-state index in [2.05, 4.69) is 74.3 Å². The van der Waals surface area contributed by atoms with Crippen LogP contribution in [-0.2, 0) is 19.1 Å². The Balaban J connectivity index is 0.000000140. The first kappa shape index (κ1) is 35.2. The average molecular weight is 1160 g/mol. The highest BCUT2D eigenvalue weighted by atomic mass is 19.1. The normalized spacial score (nSPS) is 33.9. The van der Waals surface area contributed by atoms with Crippen molar-refractivity contribution in [2.24, 2.45) is 0 Å². The van der Waals surface area contributed by atoms with Gasteiger partial charge in [0.1, 0.15) is 40.5 Å². The minimum Gasteiger partial charge on any atom is -0.382 e. The molecule has 84 heavy (non-hydrogen) atoms. The molecule has 9 aromatic rings. The number of nitrogens with one attached hydrogen (secondary N) is 3. The van der Waals surface area contributed by atoms with E-state index < -0.39 is 151 Å². The summed E-state index contributed by atoms with van der Waals surface area (Å²) in [6.45, 7) is 12.1. The van der Waals surface area contributed by atoms with Gasteiger partial charge in [0, 0.05) is 109 Å². The number of aromatic nitrogens is 12. The summed E-state index contributed by atoms with van der Waals surface area (Å²) < 4.78 is 233. The standard InChI is InChI=1S/2C21H23FN6.C20H21FN6O/c2*1-13-5-6-18-16(10-15(22)11-23-18)19-4-3-8-27(19)20-7-9-28-21(26-20)17(12-24-28)14(2)25-13;1-12-4-5-16-14(9-13(21)10-22-16)17-3-2-7-26(17)18-6-8-27-19(25-18)15(11-23-27)20(28)24-12/h2*7,9-13,19,25H,2-6,8H2,1H3;6,8-12,17H,2-5,7H2,1H3,(H,24,28)/t13-,19?;13-,19-;12-,17+/m111/s1/i2*4D2,5D2,6D2,19D;3D2,4D2,5D2,17D. The summed E-state index contributed by atoms with van der Waals surface area (Å²) in [5.41, 5.74) is -0.808. The highest BCUT2D eigenvalue weighted by Crippen LogP contribution is 2.41. The summed E-state index contributed by atoms with van der Waals surface area (Å²) in [6.07, 6.45) is -13.0. The Morgan fingerprint density at radius 2 is 0.833 bits per heavy atom. The van der Waals surface area contributed by atoms with E-state index in [1.165, 1.54) is 79.9 Å². The fraction of sp³-hybridized carbons (Fsp3) is 0.387. The van der Waals surface area contributed by atoms with E-state index in [0.29, 0.717) is 28.6 Å². The lowest BCUT2D eigenvalue weighted by molar-refractivity contribution is 0.0939. The molecule has 6 bridgehead atoms. The van der Waals surface area contributed by atoms with E-state index >= 15 is 0 Å². The van der Waals surface area contributed by atoms with Gasteiger partial charge in [-0.3, -0.25) is 19.7 Å². The molecule has 432 valence electrons. The van der Waals surface area contributed by atoms with Crippen LogP contribution in [0.4, 0.5) is 30.6 Å². The lowest BCUT2D eigenvalue weighted by Gasteiger charge is -2.27. The van der Waals surface area contributed by atoms with Crippen LogP contribution in [-0.4, -0.2) is 102 Å². The molecule has 9 aromatic heterocycles. The minimum absolute atomic E-state index is 0.00576. The topological polar surface area (TPSA) is 192 Å². The number of fused-ring (bicyclic) bond motifs is 15. The molecule has 15 rings (SSSR count). The van der Waals surface area contributed by atoms with Gasteiger partial charge in [-0.1, -0.05) is 13.2 Å². The monoisotopic (exact) mass is 1160 g/mol. The molecule has 3 fully saturated rings. The number of halogens is 3. The third-order valence-electron chi connectivity index (χ3n) is 14.2. The van der Waals surface area contributed by atoms with Crippen molar-refractivity contribution in [3.63, 3.8) is 0 Å². The smallest absolute Gasteiger partial charge is 0.256 e. The number of carbonyl (C=O) groups is 1. The molecule has 0 saturated carbocycles. The van der Waals surface area contributed by atoms with Gasteiger partial charge in [0.2, 0.25) is 0 Å². The SMILES string of the molecule is [2H]C1([2H])CCN2c3ccn4ncc(c4n3)C(=C)N[C@H](C)C([2H])([2H])C([2H])([2H])c3ncc(F)cc3C21[2H].[2H]C1([2H])c2ncc(F)cc2[C@@]2([2H])N(CCC2([2H])[2H])c2ccn3ncc(c3n2)C(=O)N[C@H](C)C1([2H])[2H].[2H]C1([2H])c2ncc(F)cc2[C@]2([2H])N(CCC2([2H])[2H])c2ccn3ncc(c3n2)C(=C)N[C@H](C)C1([2H])[2H]. The van der Waals surface area contributed by atoms with Crippen molar-refractivity contribution in [3.8, 4) is 0 Å². The number of nitrogens with zero attached hydrogens (tertiary/aromatic N) is 15. The van der Waals surface area contributed by atoms with Crippen LogP contribution in [0.1, 0.15) is 180 Å². The molecule has 0 radical (unpaired) electrons. The molecule has 3 N–H and O–H groups in total. The molecule has 3 saturated heterocycles. The van der Waals surface area contributed by atoms with Crippen molar-refractivity contribution < 1.29 is 46.8 Å². The van der Waals surface area contributed by atoms with E-state index in [4.69, 9.17) is 24.7 Å². The first-order valence-electron chi connectivity index (χ1n) is 37.2. The van der Waals surface area contributed by atoms with Crippen LogP contribution in [0, 0.1) is 17.5 Å². The lowest BCUT2D eigenvalue weighted by Crippen LogP contribution is -2.33. The molecule has 6 atom stereocenters. The van der Waals surface area contributed by atoms with E-state index in [1.807, 2.05) is 0 Å². The van der Waals surface area contributed by atoms with Gasteiger partial charge >= 0.3 is 0 Å². The van der Waals surface area contributed by atoms with Crippen LogP contribution in [0.3, 0.4) is 0 Å². The van der Waals surface area contributed by atoms with E-state index in [9.17, 15) is 22.1 Å². The quantitative estimate of drug-likeness (QED) is 0.130. The van der Waals surface area contributed by atoms with Crippen molar-refractivity contribution in [3.05, 3.63) is 173 Å². The van der Waals surface area contributed by atoms with E-state index in [0.717, 1.165) is 30.6 Å². The number of anilines is 3. The highest BCUT2D eigenvalue weighted by molar-refractivity contribution is 6.00. The van der Waals surface area contributed by atoms with Crippen LogP contribution in [0.25, 0.3) is 28.3 Å². The zero-order valence-electron chi connectivity index (χ0n) is 66.3. The number of hydrogen-bond donors (Lipinski definition) is 3. The van der Waals surface area contributed by atoms with Crippen LogP contribution < -0.4 is 30.7 Å². The molecule has 0 spiro atoms. The Bertz CT molecular complexity index is 4570. The third kappa shape index (κ3) is 10.6. The van der Waals surface area contributed by atoms with Crippen LogP contribution in [0.2, 0.25) is 0 Å². The molecule has 6 aliphatic heterocycles. The van der Waals surface area contributed by atoms with Crippen LogP contribution >= 0.6 is 0 Å². The first-order valence-corrected chi connectivity index (χ1v) is 26.7.